The summed E-state index contributed by atoms with van der Waals surface area (Å²) in [6.45, 7) is 2.53. The molecule has 4 rings (SSSR count). The van der Waals surface area contributed by atoms with Crippen LogP contribution in [0.5, 0.6) is 11.5 Å². The predicted octanol–water partition coefficient (Wildman–Crippen LogP) is 0.477. The molecule has 3 aliphatic rings. The summed E-state index contributed by atoms with van der Waals surface area (Å²) in [6.07, 6.45) is 0.772. The van der Waals surface area contributed by atoms with E-state index in [2.05, 4.69) is 0 Å². The number of ether oxygens (including phenoxy) is 3. The smallest absolute Gasteiger partial charge is 0.243 e. The highest BCUT2D eigenvalue weighted by Gasteiger charge is 2.51. The lowest BCUT2D eigenvalue weighted by atomic mass is 9.76. The summed E-state index contributed by atoms with van der Waals surface area (Å²) < 4.78 is 44.0. The van der Waals surface area contributed by atoms with Crippen molar-refractivity contribution in [2.75, 3.05) is 46.1 Å². The molecule has 0 radical (unpaired) electrons. The van der Waals surface area contributed by atoms with Crippen LogP contribution in [-0.4, -0.2) is 64.0 Å². The van der Waals surface area contributed by atoms with Crippen molar-refractivity contribution < 1.29 is 27.7 Å². The first kappa shape index (κ1) is 16.1. The number of fused-ring (bicyclic) bond motifs is 2. The number of aliphatic hydroxyl groups excluding tert-OH is 1. The fourth-order valence-corrected chi connectivity index (χ4v) is 5.38. The number of aliphatic hydroxyl groups is 1. The Hall–Kier alpha value is -1.35. The van der Waals surface area contributed by atoms with Crippen LogP contribution in [0.1, 0.15) is 6.42 Å². The molecule has 2 atom stereocenters. The Morgan fingerprint density at radius 1 is 1.21 bits per heavy atom. The first-order valence-corrected chi connectivity index (χ1v) is 9.58. The van der Waals surface area contributed by atoms with E-state index in [1.807, 2.05) is 0 Å². The summed E-state index contributed by atoms with van der Waals surface area (Å²) >= 11 is 0. The molecule has 132 valence electrons. The molecule has 1 aromatic rings. The summed E-state index contributed by atoms with van der Waals surface area (Å²) in [5.41, 5.74) is -0.487. The molecule has 0 saturated carbocycles. The Morgan fingerprint density at radius 2 is 2.00 bits per heavy atom. The summed E-state index contributed by atoms with van der Waals surface area (Å²) in [5.74, 6) is 1.15. The minimum absolute atomic E-state index is 0.0647. The van der Waals surface area contributed by atoms with Crippen LogP contribution in [0.15, 0.2) is 23.1 Å². The van der Waals surface area contributed by atoms with E-state index in [-0.39, 0.29) is 24.0 Å². The third-order valence-corrected chi connectivity index (χ3v) is 7.06. The van der Waals surface area contributed by atoms with Gasteiger partial charge in [-0.05, 0) is 24.5 Å². The van der Waals surface area contributed by atoms with Crippen molar-refractivity contribution in [3.8, 4) is 11.5 Å². The first-order valence-electron chi connectivity index (χ1n) is 8.14. The van der Waals surface area contributed by atoms with Crippen LogP contribution >= 0.6 is 0 Å². The van der Waals surface area contributed by atoms with E-state index in [0.29, 0.717) is 44.5 Å². The fraction of sp³-hybridized carbons (Fsp3) is 0.625. The van der Waals surface area contributed by atoms with Crippen molar-refractivity contribution in [2.24, 2.45) is 11.3 Å². The van der Waals surface area contributed by atoms with Gasteiger partial charge in [-0.15, -0.1) is 0 Å². The van der Waals surface area contributed by atoms with Crippen LogP contribution in [-0.2, 0) is 14.8 Å². The molecule has 24 heavy (non-hydrogen) atoms. The maximum Gasteiger partial charge on any atom is 0.243 e. The summed E-state index contributed by atoms with van der Waals surface area (Å²) in [7, 11) is -3.65. The second-order valence-corrected chi connectivity index (χ2v) is 8.60. The molecule has 0 unspecified atom stereocenters. The third kappa shape index (κ3) is 2.48. The zero-order valence-electron chi connectivity index (χ0n) is 13.3. The minimum atomic E-state index is -3.65. The van der Waals surface area contributed by atoms with E-state index < -0.39 is 15.4 Å². The van der Waals surface area contributed by atoms with E-state index in [9.17, 15) is 13.5 Å². The zero-order valence-corrected chi connectivity index (χ0v) is 14.1. The Labute approximate surface area is 141 Å². The molecule has 0 amide bonds. The van der Waals surface area contributed by atoms with Crippen LogP contribution in [0.2, 0.25) is 0 Å². The van der Waals surface area contributed by atoms with Crippen LogP contribution in [0.3, 0.4) is 0 Å². The van der Waals surface area contributed by atoms with Gasteiger partial charge in [0.05, 0.1) is 18.1 Å². The molecule has 0 bridgehead atoms. The summed E-state index contributed by atoms with van der Waals surface area (Å²) in [4.78, 5) is 0.194. The first-order chi connectivity index (χ1) is 11.5. The summed E-state index contributed by atoms with van der Waals surface area (Å²) in [5, 5.41) is 9.83. The van der Waals surface area contributed by atoms with Gasteiger partial charge in [0.25, 0.3) is 0 Å². The predicted molar refractivity (Wildman–Crippen MR) is 84.6 cm³/mol. The van der Waals surface area contributed by atoms with Gasteiger partial charge in [0.2, 0.25) is 10.0 Å². The number of nitrogens with zero attached hydrogens (tertiary/aromatic N) is 1. The van der Waals surface area contributed by atoms with Crippen LogP contribution in [0.25, 0.3) is 0 Å². The number of rotatable bonds is 3. The maximum atomic E-state index is 13.0. The molecule has 2 fully saturated rings. The zero-order chi connectivity index (χ0) is 16.8. The van der Waals surface area contributed by atoms with Crippen molar-refractivity contribution >= 4 is 10.0 Å². The molecule has 0 aliphatic carbocycles. The van der Waals surface area contributed by atoms with Crippen LogP contribution in [0.4, 0.5) is 0 Å². The van der Waals surface area contributed by atoms with E-state index in [0.717, 1.165) is 6.42 Å². The highest BCUT2D eigenvalue weighted by molar-refractivity contribution is 7.89. The van der Waals surface area contributed by atoms with Crippen LogP contribution < -0.4 is 9.47 Å². The fourth-order valence-electron chi connectivity index (χ4n) is 3.79. The molecule has 0 aromatic heterocycles. The highest BCUT2D eigenvalue weighted by Crippen LogP contribution is 2.43. The molecule has 1 aromatic carbocycles. The molecule has 2 saturated heterocycles. The SMILES string of the molecule is O=S(=O)(c1ccc2c(c1)OCCO2)N1C[C@@H]2CCOC[C@]2(CO)C1. The van der Waals surface area contributed by atoms with Gasteiger partial charge in [-0.2, -0.15) is 4.31 Å². The Bertz CT molecular complexity index is 736. The number of sulfonamides is 1. The van der Waals surface area contributed by atoms with Gasteiger partial charge in [-0.3, -0.25) is 0 Å². The van der Waals surface area contributed by atoms with Gasteiger partial charge in [-0.25, -0.2) is 8.42 Å². The quantitative estimate of drug-likeness (QED) is 0.849. The van der Waals surface area contributed by atoms with Crippen molar-refractivity contribution in [2.45, 2.75) is 11.3 Å². The van der Waals surface area contributed by atoms with Crippen molar-refractivity contribution in [1.29, 1.82) is 0 Å². The molecule has 1 N–H and O–H groups in total. The maximum absolute atomic E-state index is 13.0. The van der Waals surface area contributed by atoms with E-state index in [4.69, 9.17) is 14.2 Å². The lowest BCUT2D eigenvalue weighted by molar-refractivity contribution is -0.0552. The molecule has 7 nitrogen and oxygen atoms in total. The van der Waals surface area contributed by atoms with Gasteiger partial charge in [0.15, 0.2) is 11.5 Å². The molecule has 3 aliphatic heterocycles. The van der Waals surface area contributed by atoms with Crippen LogP contribution in [0, 0.1) is 11.3 Å². The lowest BCUT2D eigenvalue weighted by Crippen LogP contribution is -2.43. The second kappa shape index (κ2) is 5.87. The largest absolute Gasteiger partial charge is 0.486 e. The Balaban J connectivity index is 1.64. The minimum Gasteiger partial charge on any atom is -0.486 e. The topological polar surface area (TPSA) is 85.3 Å². The molecular weight excluding hydrogens is 334 g/mol. The normalized spacial score (nSPS) is 30.1. The van der Waals surface area contributed by atoms with E-state index >= 15 is 0 Å². The lowest BCUT2D eigenvalue weighted by Gasteiger charge is -2.36. The van der Waals surface area contributed by atoms with Gasteiger partial charge in [-0.1, -0.05) is 0 Å². The van der Waals surface area contributed by atoms with Gasteiger partial charge in [0.1, 0.15) is 13.2 Å². The van der Waals surface area contributed by atoms with Gasteiger partial charge in [0, 0.05) is 31.2 Å². The van der Waals surface area contributed by atoms with Crippen molar-refractivity contribution in [3.63, 3.8) is 0 Å². The standard InChI is InChI=1S/C16H21NO6S/c18-10-16-9-17(8-12(16)3-4-21-11-16)24(19,20)13-1-2-14-15(7-13)23-6-5-22-14/h1-2,7,12,18H,3-6,8-11H2/t12-,16+/m0/s1. The summed E-state index contributed by atoms with van der Waals surface area (Å²) in [6, 6.07) is 4.70. The van der Waals surface area contributed by atoms with Gasteiger partial charge < -0.3 is 19.3 Å². The average molecular weight is 355 g/mol. The number of hydrogen-bond acceptors (Lipinski definition) is 6. The third-order valence-electron chi connectivity index (χ3n) is 5.25. The van der Waals surface area contributed by atoms with E-state index in [1.54, 1.807) is 12.1 Å². The molecular formula is C16H21NO6S. The molecule has 3 heterocycles. The average Bonchev–Trinajstić information content (AvgIpc) is 3.02. The highest BCUT2D eigenvalue weighted by atomic mass is 32.2. The van der Waals surface area contributed by atoms with Gasteiger partial charge >= 0.3 is 0 Å². The monoisotopic (exact) mass is 355 g/mol. The van der Waals surface area contributed by atoms with Crippen molar-refractivity contribution in [3.05, 3.63) is 18.2 Å². The Morgan fingerprint density at radius 3 is 2.75 bits per heavy atom. The number of benzene rings is 1. The molecule has 0 spiro atoms. The van der Waals surface area contributed by atoms with Crippen molar-refractivity contribution in [1.82, 2.24) is 4.31 Å². The molecule has 8 heteroatoms. The number of hydrogen-bond donors (Lipinski definition) is 1. The van der Waals surface area contributed by atoms with E-state index in [1.165, 1.54) is 10.4 Å². The second-order valence-electron chi connectivity index (χ2n) is 6.66. The Kier molecular flexibility index (Phi) is 3.95.